The average Bonchev–Trinajstić information content (AvgIpc) is 2.99. The number of rotatable bonds is 2. The highest BCUT2D eigenvalue weighted by molar-refractivity contribution is 5.85. The lowest BCUT2D eigenvalue weighted by Gasteiger charge is -2.17. The summed E-state index contributed by atoms with van der Waals surface area (Å²) in [4.78, 5) is 14.5. The molecule has 0 bridgehead atoms. The van der Waals surface area contributed by atoms with Crippen molar-refractivity contribution in [3.8, 4) is 0 Å². The maximum absolute atomic E-state index is 12.4. The maximum Gasteiger partial charge on any atom is 0.227 e. The van der Waals surface area contributed by atoms with Crippen molar-refractivity contribution >= 4 is 30.7 Å². The molecule has 0 spiro atoms. The molecule has 2 fully saturated rings. The van der Waals surface area contributed by atoms with Gasteiger partial charge in [-0.25, -0.2) is 0 Å². The van der Waals surface area contributed by atoms with Crippen molar-refractivity contribution in [2.45, 2.75) is 20.3 Å². The van der Waals surface area contributed by atoms with E-state index in [1.54, 1.807) is 0 Å². The molecule has 0 aliphatic carbocycles. The third-order valence-electron chi connectivity index (χ3n) is 4.73. The van der Waals surface area contributed by atoms with Gasteiger partial charge < -0.3 is 10.2 Å². The second kappa shape index (κ2) is 6.99. The van der Waals surface area contributed by atoms with Gasteiger partial charge in [0.15, 0.2) is 0 Å². The smallest absolute Gasteiger partial charge is 0.227 e. The highest BCUT2D eigenvalue weighted by Gasteiger charge is 2.38. The first-order chi connectivity index (χ1) is 9.06. The fraction of sp³-hybridized carbons (Fsp3) is 0.714. The summed E-state index contributed by atoms with van der Waals surface area (Å²) in [5, 5.41) is 7.79. The van der Waals surface area contributed by atoms with Crippen LogP contribution in [0, 0.1) is 25.7 Å². The van der Waals surface area contributed by atoms with Crippen molar-refractivity contribution in [2.75, 3.05) is 26.2 Å². The van der Waals surface area contributed by atoms with Crippen LogP contribution in [-0.2, 0) is 18.3 Å². The van der Waals surface area contributed by atoms with E-state index in [0.717, 1.165) is 43.1 Å². The van der Waals surface area contributed by atoms with Crippen LogP contribution in [-0.4, -0.2) is 46.8 Å². The van der Waals surface area contributed by atoms with Crippen LogP contribution in [0.25, 0.3) is 0 Å². The minimum Gasteiger partial charge on any atom is -0.342 e. The molecule has 3 rings (SSSR count). The number of carbonyl (C=O) groups is 1. The first-order valence-corrected chi connectivity index (χ1v) is 7.04. The Balaban J connectivity index is 0.00000110. The molecule has 0 saturated carbocycles. The van der Waals surface area contributed by atoms with Crippen LogP contribution < -0.4 is 5.32 Å². The van der Waals surface area contributed by atoms with E-state index in [-0.39, 0.29) is 30.7 Å². The lowest BCUT2D eigenvalue weighted by atomic mass is 10.0. The monoisotopic (exact) mass is 334 g/mol. The third-order valence-corrected chi connectivity index (χ3v) is 4.73. The highest BCUT2D eigenvalue weighted by Crippen LogP contribution is 2.27. The summed E-state index contributed by atoms with van der Waals surface area (Å²) in [7, 11) is 1.93. The van der Waals surface area contributed by atoms with Crippen molar-refractivity contribution in [2.24, 2.45) is 18.9 Å². The Hall–Kier alpha value is -0.780. The number of likely N-dealkylation sites (tertiary alicyclic amines) is 1. The zero-order chi connectivity index (χ0) is 13.6. The molecule has 3 heterocycles. The lowest BCUT2D eigenvalue weighted by molar-refractivity contribution is -0.129. The molecule has 2 atom stereocenters. The minimum absolute atomic E-state index is 0. The number of amides is 1. The van der Waals surface area contributed by atoms with Crippen molar-refractivity contribution in [1.82, 2.24) is 20.0 Å². The number of halogens is 2. The number of hydrogen-bond donors (Lipinski definition) is 1. The van der Waals surface area contributed by atoms with Crippen molar-refractivity contribution in [3.63, 3.8) is 0 Å². The van der Waals surface area contributed by atoms with Crippen molar-refractivity contribution in [3.05, 3.63) is 17.0 Å². The Morgan fingerprint density at radius 1 is 1.24 bits per heavy atom. The molecule has 2 saturated heterocycles. The summed E-state index contributed by atoms with van der Waals surface area (Å²) in [5.41, 5.74) is 3.18. The van der Waals surface area contributed by atoms with Crippen molar-refractivity contribution in [1.29, 1.82) is 0 Å². The van der Waals surface area contributed by atoms with E-state index in [0.29, 0.717) is 18.3 Å². The molecule has 7 heteroatoms. The summed E-state index contributed by atoms with van der Waals surface area (Å²) >= 11 is 0. The Morgan fingerprint density at radius 2 is 1.81 bits per heavy atom. The molecule has 5 nitrogen and oxygen atoms in total. The fourth-order valence-corrected chi connectivity index (χ4v) is 3.40. The van der Waals surface area contributed by atoms with E-state index in [2.05, 4.69) is 10.4 Å². The third kappa shape index (κ3) is 3.35. The van der Waals surface area contributed by atoms with Crippen molar-refractivity contribution < 1.29 is 4.79 Å². The normalized spacial score (nSPS) is 23.5. The topological polar surface area (TPSA) is 50.2 Å². The summed E-state index contributed by atoms with van der Waals surface area (Å²) in [6.07, 6.45) is 0.498. The zero-order valence-corrected chi connectivity index (χ0v) is 14.4. The largest absolute Gasteiger partial charge is 0.342 e. The number of aryl methyl sites for hydroxylation is 2. The Labute approximate surface area is 138 Å². The quantitative estimate of drug-likeness (QED) is 0.881. The van der Waals surface area contributed by atoms with Crippen LogP contribution in [0.3, 0.4) is 0 Å². The van der Waals surface area contributed by atoms with Gasteiger partial charge in [0.05, 0.1) is 12.1 Å². The predicted molar refractivity (Wildman–Crippen MR) is 87.3 cm³/mol. The number of nitrogens with zero attached hydrogens (tertiary/aromatic N) is 3. The van der Waals surface area contributed by atoms with Gasteiger partial charge in [0, 0.05) is 44.5 Å². The van der Waals surface area contributed by atoms with Crippen LogP contribution in [0.4, 0.5) is 0 Å². The number of carbonyl (C=O) groups excluding carboxylic acids is 1. The first kappa shape index (κ1) is 18.3. The van der Waals surface area contributed by atoms with Gasteiger partial charge in [0.2, 0.25) is 5.91 Å². The highest BCUT2D eigenvalue weighted by atomic mass is 35.5. The van der Waals surface area contributed by atoms with E-state index in [4.69, 9.17) is 0 Å². The zero-order valence-electron chi connectivity index (χ0n) is 12.8. The van der Waals surface area contributed by atoms with E-state index in [1.165, 1.54) is 0 Å². The first-order valence-electron chi connectivity index (χ1n) is 7.04. The molecule has 120 valence electrons. The van der Waals surface area contributed by atoms with Gasteiger partial charge in [-0.3, -0.25) is 9.48 Å². The molecule has 1 aromatic rings. The molecule has 21 heavy (non-hydrogen) atoms. The average molecular weight is 335 g/mol. The molecular weight excluding hydrogens is 311 g/mol. The van der Waals surface area contributed by atoms with Gasteiger partial charge in [-0.2, -0.15) is 5.10 Å². The maximum atomic E-state index is 12.4. The lowest BCUT2D eigenvalue weighted by Crippen LogP contribution is -2.33. The van der Waals surface area contributed by atoms with Gasteiger partial charge in [-0.05, 0) is 25.7 Å². The van der Waals surface area contributed by atoms with Crippen LogP contribution in [0.5, 0.6) is 0 Å². The molecule has 0 unspecified atom stereocenters. The number of hydrogen-bond acceptors (Lipinski definition) is 3. The standard InChI is InChI=1S/C14H22N4O.2ClH/c1-9-13(10(2)17(3)16-9)4-14(19)18-7-11-5-15-6-12(11)8-18;;/h11-12,15H,4-8H2,1-3H3;2*1H/t11-,12+;;. The number of aromatic nitrogens is 2. The van der Waals surface area contributed by atoms with Gasteiger partial charge in [-0.15, -0.1) is 24.8 Å². The van der Waals surface area contributed by atoms with Gasteiger partial charge in [0.1, 0.15) is 0 Å². The molecule has 1 amide bonds. The molecule has 2 aliphatic heterocycles. The summed E-state index contributed by atoms with van der Waals surface area (Å²) in [6, 6.07) is 0. The van der Waals surface area contributed by atoms with Gasteiger partial charge in [0.25, 0.3) is 0 Å². The second-order valence-corrected chi connectivity index (χ2v) is 5.93. The molecule has 0 radical (unpaired) electrons. The molecule has 1 aromatic heterocycles. The van der Waals surface area contributed by atoms with E-state index in [1.807, 2.05) is 30.5 Å². The number of fused-ring (bicyclic) bond motifs is 1. The van der Waals surface area contributed by atoms with Gasteiger partial charge >= 0.3 is 0 Å². The minimum atomic E-state index is 0. The van der Waals surface area contributed by atoms with Crippen LogP contribution in [0.2, 0.25) is 0 Å². The second-order valence-electron chi connectivity index (χ2n) is 5.93. The van der Waals surface area contributed by atoms with Crippen LogP contribution in [0.1, 0.15) is 17.0 Å². The van der Waals surface area contributed by atoms with Gasteiger partial charge in [-0.1, -0.05) is 0 Å². The van der Waals surface area contributed by atoms with E-state index < -0.39 is 0 Å². The molecule has 0 aromatic carbocycles. The van der Waals surface area contributed by atoms with E-state index in [9.17, 15) is 4.79 Å². The molecule has 1 N–H and O–H groups in total. The Bertz CT molecular complexity index is 505. The molecular formula is C14H24Cl2N4O. The summed E-state index contributed by atoms with van der Waals surface area (Å²) < 4.78 is 1.86. The fourth-order valence-electron chi connectivity index (χ4n) is 3.40. The van der Waals surface area contributed by atoms with Crippen LogP contribution in [0.15, 0.2) is 0 Å². The SMILES string of the molecule is Cc1nn(C)c(C)c1CC(=O)N1C[C@H]2CNC[C@H]2C1.Cl.Cl. The number of nitrogens with one attached hydrogen (secondary N) is 1. The molecule has 2 aliphatic rings. The van der Waals surface area contributed by atoms with E-state index >= 15 is 0 Å². The Morgan fingerprint density at radius 3 is 2.29 bits per heavy atom. The Kier molecular flexibility index (Phi) is 6.08. The predicted octanol–water partition coefficient (Wildman–Crippen LogP) is 1.10. The summed E-state index contributed by atoms with van der Waals surface area (Å²) in [5.74, 6) is 1.59. The summed E-state index contributed by atoms with van der Waals surface area (Å²) in [6.45, 7) is 8.01. The van der Waals surface area contributed by atoms with Crippen LogP contribution >= 0.6 is 24.8 Å².